The first-order valence-electron chi connectivity index (χ1n) is 20.8. The first-order valence-corrected chi connectivity index (χ1v) is 20.8. The number of benzene rings is 9. The Bertz CT molecular complexity index is 3290. The number of dihydropyridines is 1. The molecule has 0 fully saturated rings. The molecule has 1 aromatic heterocycles. The van der Waals surface area contributed by atoms with Crippen molar-refractivity contribution < 1.29 is 0 Å². The fourth-order valence-electron chi connectivity index (χ4n) is 9.83. The van der Waals surface area contributed by atoms with Gasteiger partial charge in [-0.15, -0.1) is 0 Å². The minimum Gasteiger partial charge on any atom is -0.283 e. The van der Waals surface area contributed by atoms with Crippen molar-refractivity contribution in [3.8, 4) is 66.8 Å². The van der Waals surface area contributed by atoms with Gasteiger partial charge in [0.25, 0.3) is 0 Å². The summed E-state index contributed by atoms with van der Waals surface area (Å²) in [5, 5.41) is 7.58. The largest absolute Gasteiger partial charge is 0.283 e. The Morgan fingerprint density at radius 2 is 1.00 bits per heavy atom. The van der Waals surface area contributed by atoms with E-state index in [1.807, 2.05) is 18.3 Å². The number of aliphatic imine (C=N–C) groups is 1. The normalized spacial score (nSPS) is 14.1. The number of allylic oxidation sites excluding steroid dienone is 1. The number of fused-ring (bicyclic) bond motifs is 5. The molecule has 280 valence electrons. The highest BCUT2D eigenvalue weighted by Gasteiger charge is 2.31. The van der Waals surface area contributed by atoms with Gasteiger partial charge in [-0.25, -0.2) is 0 Å². The van der Waals surface area contributed by atoms with Gasteiger partial charge in [0, 0.05) is 12.4 Å². The monoisotopic (exact) mass is 762 g/mol. The van der Waals surface area contributed by atoms with E-state index in [2.05, 4.69) is 199 Å². The lowest BCUT2D eigenvalue weighted by Crippen LogP contribution is -2.03. The Kier molecular flexibility index (Phi) is 8.02. The number of aromatic nitrogens is 1. The van der Waals surface area contributed by atoms with E-state index >= 15 is 0 Å². The van der Waals surface area contributed by atoms with Crippen molar-refractivity contribution in [3.63, 3.8) is 0 Å². The van der Waals surface area contributed by atoms with Gasteiger partial charge in [0.15, 0.2) is 0 Å². The molecule has 0 spiro atoms. The van der Waals surface area contributed by atoms with Crippen molar-refractivity contribution >= 4 is 44.1 Å². The van der Waals surface area contributed by atoms with Gasteiger partial charge in [-0.1, -0.05) is 164 Å². The van der Waals surface area contributed by atoms with Crippen LogP contribution in [0.1, 0.15) is 23.7 Å². The second-order valence-electron chi connectivity index (χ2n) is 16.0. The highest BCUT2D eigenvalue weighted by Crippen LogP contribution is 2.58. The third kappa shape index (κ3) is 5.56. The average molecular weight is 763 g/mol. The van der Waals surface area contributed by atoms with E-state index < -0.39 is 0 Å². The van der Waals surface area contributed by atoms with Crippen molar-refractivity contribution in [1.29, 1.82) is 0 Å². The average Bonchev–Trinajstić information content (AvgIpc) is 3.66. The summed E-state index contributed by atoms with van der Waals surface area (Å²) in [4.78, 5) is 9.65. The number of hydrogen-bond donors (Lipinski definition) is 0. The fourth-order valence-corrected chi connectivity index (χ4v) is 9.83. The zero-order valence-corrected chi connectivity index (χ0v) is 32.9. The van der Waals surface area contributed by atoms with Crippen molar-refractivity contribution in [3.05, 3.63) is 218 Å². The van der Waals surface area contributed by atoms with Crippen LogP contribution in [0.15, 0.2) is 211 Å². The molecule has 1 aliphatic carbocycles. The van der Waals surface area contributed by atoms with Gasteiger partial charge in [0.2, 0.25) is 0 Å². The number of hydrogen-bond acceptors (Lipinski definition) is 2. The van der Waals surface area contributed by atoms with Crippen molar-refractivity contribution in [1.82, 2.24) is 4.98 Å². The number of rotatable bonds is 6. The van der Waals surface area contributed by atoms with Gasteiger partial charge < -0.3 is 0 Å². The minimum atomic E-state index is 0.0226. The van der Waals surface area contributed by atoms with Gasteiger partial charge in [0.05, 0.1) is 11.7 Å². The predicted molar refractivity (Wildman–Crippen MR) is 253 cm³/mol. The van der Waals surface area contributed by atoms with Gasteiger partial charge in [0.1, 0.15) is 0 Å². The minimum absolute atomic E-state index is 0.0226. The van der Waals surface area contributed by atoms with Crippen LogP contribution in [0.2, 0.25) is 0 Å². The Hall–Kier alpha value is -7.68. The van der Waals surface area contributed by atoms with Crippen LogP contribution in [-0.4, -0.2) is 11.2 Å². The lowest BCUT2D eigenvalue weighted by atomic mass is 9.82. The molecule has 1 unspecified atom stereocenters. The van der Waals surface area contributed by atoms with Gasteiger partial charge in [-0.2, -0.15) is 0 Å². The standard InChI is InChI=1S/C58H38N2/c1-3-15-38(16-4-1)54-48-20-9-10-21-49(48)55(39-17-5-2-6-18-39)58-51-29-28-46(47-22-13-23-50(56(47)51)57(54)58)45-34-43(41-26-25-37-14-7-8-19-40(37)32-41)33-44(35-45)42-27-30-53(60-36-42)52-24-11-12-31-59-52/h1-29,31-36,53H,30H2. The van der Waals surface area contributed by atoms with Gasteiger partial charge >= 0.3 is 0 Å². The maximum Gasteiger partial charge on any atom is 0.0954 e. The second-order valence-corrected chi connectivity index (χ2v) is 16.0. The molecule has 0 radical (unpaired) electrons. The predicted octanol–water partition coefficient (Wildman–Crippen LogP) is 15.5. The quantitative estimate of drug-likeness (QED) is 0.166. The highest BCUT2D eigenvalue weighted by molar-refractivity contribution is 6.29. The summed E-state index contributed by atoms with van der Waals surface area (Å²) in [7, 11) is 0. The summed E-state index contributed by atoms with van der Waals surface area (Å²) < 4.78 is 0. The van der Waals surface area contributed by atoms with E-state index in [9.17, 15) is 0 Å². The summed E-state index contributed by atoms with van der Waals surface area (Å²) in [6.45, 7) is 0. The molecule has 1 atom stereocenters. The van der Waals surface area contributed by atoms with Crippen molar-refractivity contribution in [2.45, 2.75) is 12.5 Å². The van der Waals surface area contributed by atoms with E-state index in [1.54, 1.807) is 0 Å². The van der Waals surface area contributed by atoms with E-state index in [1.165, 1.54) is 99.1 Å². The number of nitrogens with zero attached hydrogens (tertiary/aromatic N) is 2. The maximum atomic E-state index is 5.04. The molecule has 2 nitrogen and oxygen atoms in total. The third-order valence-electron chi connectivity index (χ3n) is 12.6. The molecule has 10 aromatic rings. The van der Waals surface area contributed by atoms with Crippen LogP contribution in [0.3, 0.4) is 0 Å². The molecule has 2 aliphatic rings. The molecule has 0 bridgehead atoms. The molecule has 0 saturated heterocycles. The lowest BCUT2D eigenvalue weighted by molar-refractivity contribution is 0.715. The lowest BCUT2D eigenvalue weighted by Gasteiger charge is -2.20. The zero-order valence-electron chi connectivity index (χ0n) is 32.9. The molecule has 9 aromatic carbocycles. The Balaban J connectivity index is 1.09. The third-order valence-corrected chi connectivity index (χ3v) is 12.6. The van der Waals surface area contributed by atoms with Crippen LogP contribution in [-0.2, 0) is 0 Å². The van der Waals surface area contributed by atoms with Crippen molar-refractivity contribution in [2.24, 2.45) is 4.99 Å². The van der Waals surface area contributed by atoms with Crippen LogP contribution < -0.4 is 0 Å². The zero-order chi connectivity index (χ0) is 39.6. The van der Waals surface area contributed by atoms with E-state index in [4.69, 9.17) is 4.99 Å². The fraction of sp³-hybridized carbons (Fsp3) is 0.0345. The Morgan fingerprint density at radius 1 is 0.383 bits per heavy atom. The van der Waals surface area contributed by atoms with Gasteiger partial charge in [-0.05, 0) is 153 Å². The maximum absolute atomic E-state index is 5.04. The molecular formula is C58H38N2. The van der Waals surface area contributed by atoms with Crippen LogP contribution >= 0.6 is 0 Å². The van der Waals surface area contributed by atoms with E-state index in [0.717, 1.165) is 23.3 Å². The SMILES string of the molecule is C1=NC(c2ccccn2)CC=C1c1cc(-c2ccc3ccccc3c2)cc(-c2ccc3c4c(cccc24)-c2c-3c(-c3ccccc3)c3ccccc3c2-c2ccccc2)c1. The Morgan fingerprint density at radius 3 is 1.70 bits per heavy atom. The summed E-state index contributed by atoms with van der Waals surface area (Å²) in [6.07, 6.45) is 7.05. The topological polar surface area (TPSA) is 25.2 Å². The molecule has 0 saturated carbocycles. The summed E-state index contributed by atoms with van der Waals surface area (Å²) in [6, 6.07) is 71.2. The molecular weight excluding hydrogens is 725 g/mol. The first-order chi connectivity index (χ1) is 29.8. The van der Waals surface area contributed by atoms with E-state index in [0.29, 0.717) is 0 Å². The van der Waals surface area contributed by atoms with Gasteiger partial charge in [-0.3, -0.25) is 9.98 Å². The van der Waals surface area contributed by atoms with Crippen molar-refractivity contribution in [2.75, 3.05) is 0 Å². The van der Waals surface area contributed by atoms with Crippen LogP contribution in [0, 0.1) is 0 Å². The molecule has 1 aliphatic heterocycles. The van der Waals surface area contributed by atoms with Crippen LogP contribution in [0.25, 0.3) is 105 Å². The molecule has 2 heteroatoms. The van der Waals surface area contributed by atoms with Crippen LogP contribution in [0.4, 0.5) is 0 Å². The summed E-state index contributed by atoms with van der Waals surface area (Å²) >= 11 is 0. The molecule has 12 rings (SSSR count). The molecule has 2 heterocycles. The second kappa shape index (κ2) is 14.0. The smallest absolute Gasteiger partial charge is 0.0954 e. The molecule has 0 amide bonds. The van der Waals surface area contributed by atoms with E-state index in [-0.39, 0.29) is 6.04 Å². The number of pyridine rings is 1. The molecule has 0 N–H and O–H groups in total. The first kappa shape index (κ1) is 34.4. The molecule has 60 heavy (non-hydrogen) atoms. The summed E-state index contributed by atoms with van der Waals surface area (Å²) in [5.41, 5.74) is 18.3. The highest BCUT2D eigenvalue weighted by atomic mass is 14.8. The Labute approximate surface area is 349 Å². The van der Waals surface area contributed by atoms with Crippen LogP contribution in [0.5, 0.6) is 0 Å². The summed E-state index contributed by atoms with van der Waals surface area (Å²) in [5.74, 6) is 0.